The molecule has 630 valence electrons. The number of rotatable bonds is 79. The number of allylic oxidation sites excluding steroid dienone is 32. The zero-order chi connectivity index (χ0) is 80.8. The first-order chi connectivity index (χ1) is 54.2. The van der Waals surface area contributed by atoms with Gasteiger partial charge in [-0.2, -0.15) is 0 Å². The van der Waals surface area contributed by atoms with Gasteiger partial charge in [0.25, 0.3) is 0 Å². The summed E-state index contributed by atoms with van der Waals surface area (Å²) >= 11 is 0. The van der Waals surface area contributed by atoms with Crippen molar-refractivity contribution in [3.05, 3.63) is 194 Å². The van der Waals surface area contributed by atoms with E-state index in [2.05, 4.69) is 203 Å². The fourth-order valence-electron chi connectivity index (χ4n) is 10.9. The maximum Gasteiger partial charge on any atom is 0.472 e. The number of unbranched alkanes of at least 4 members (excludes halogenated alkanes) is 24. The molecule has 0 rings (SSSR count). The maximum absolute atomic E-state index is 13.0. The Kier molecular flexibility index (Phi) is 79.6. The summed E-state index contributed by atoms with van der Waals surface area (Å²) in [5.74, 6) is -1.66. The predicted octanol–water partition coefficient (Wildman–Crippen LogP) is 25.9. The van der Waals surface area contributed by atoms with E-state index in [4.69, 9.17) is 32.3 Å². The van der Waals surface area contributed by atoms with E-state index in [1.807, 2.05) is 12.2 Å². The second kappa shape index (κ2) is 83.8. The van der Waals surface area contributed by atoms with Crippen LogP contribution in [0.2, 0.25) is 0 Å². The molecule has 0 aromatic heterocycles. The van der Waals surface area contributed by atoms with Crippen LogP contribution in [0.15, 0.2) is 194 Å². The van der Waals surface area contributed by atoms with E-state index >= 15 is 0 Å². The molecule has 5 unspecified atom stereocenters. The number of phosphoric acid groups is 2. The first kappa shape index (κ1) is 105. The Hall–Kier alpha value is -5.61. The topological polar surface area (TPSA) is 231 Å². The number of phosphoric ester groups is 2. The zero-order valence-electron chi connectivity index (χ0n) is 69.1. The van der Waals surface area contributed by atoms with Gasteiger partial charge in [-0.25, -0.2) is 9.13 Å². The lowest BCUT2D eigenvalue weighted by Crippen LogP contribution is -2.30. The monoisotopic (exact) mass is 1590 g/mol. The lowest BCUT2D eigenvalue weighted by Gasteiger charge is -2.21. The normalized spacial score (nSPS) is 14.8. The Bertz CT molecular complexity index is 2800. The van der Waals surface area contributed by atoms with E-state index in [0.29, 0.717) is 25.7 Å². The molecule has 0 saturated heterocycles. The van der Waals surface area contributed by atoms with Crippen LogP contribution in [-0.2, 0) is 55.8 Å². The minimum atomic E-state index is -4.96. The number of hydrogen-bond donors (Lipinski definition) is 4. The van der Waals surface area contributed by atoms with Crippen LogP contribution in [0.4, 0.5) is 0 Å². The lowest BCUT2D eigenvalue weighted by atomic mass is 10.0. The van der Waals surface area contributed by atoms with E-state index in [-0.39, 0.29) is 19.3 Å². The number of carbonyl (C=O) groups is 3. The smallest absolute Gasteiger partial charge is 0.463 e. The van der Waals surface area contributed by atoms with E-state index in [9.17, 15) is 43.5 Å². The molecular weight excluding hydrogens is 1430 g/mol. The van der Waals surface area contributed by atoms with Gasteiger partial charge in [-0.05, 0) is 154 Å². The summed E-state index contributed by atoms with van der Waals surface area (Å²) in [6.45, 7) is 2.27. The summed E-state index contributed by atoms with van der Waals surface area (Å²) in [5, 5.41) is 20.7. The minimum Gasteiger partial charge on any atom is -0.463 e. The van der Waals surface area contributed by atoms with Crippen molar-refractivity contribution in [2.45, 2.75) is 334 Å². The minimum absolute atomic E-state index is 0.0196. The molecule has 0 bridgehead atoms. The zero-order valence-corrected chi connectivity index (χ0v) is 70.8. The first-order valence-electron chi connectivity index (χ1n) is 42.7. The van der Waals surface area contributed by atoms with Gasteiger partial charge in [0.1, 0.15) is 25.4 Å². The van der Waals surface area contributed by atoms with Gasteiger partial charge in [-0.3, -0.25) is 32.5 Å². The van der Waals surface area contributed by atoms with E-state index < -0.39 is 91.5 Å². The molecule has 0 spiro atoms. The van der Waals surface area contributed by atoms with Crippen molar-refractivity contribution in [2.75, 3.05) is 39.6 Å². The molecule has 0 aliphatic heterocycles. The third-order valence-electron chi connectivity index (χ3n) is 17.3. The first-order valence-corrected chi connectivity index (χ1v) is 45.7. The predicted molar refractivity (Wildman–Crippen MR) is 463 cm³/mol. The molecule has 0 aromatic carbocycles. The van der Waals surface area contributed by atoms with E-state index in [0.717, 1.165) is 161 Å². The molecule has 0 aromatic rings. The Labute approximate surface area is 674 Å². The van der Waals surface area contributed by atoms with Crippen molar-refractivity contribution in [1.29, 1.82) is 0 Å². The van der Waals surface area contributed by atoms with Crippen molar-refractivity contribution >= 4 is 33.6 Å². The van der Waals surface area contributed by atoms with Crippen LogP contribution in [0, 0.1) is 0 Å². The summed E-state index contributed by atoms with van der Waals surface area (Å²) in [6.07, 6.45) is 111. The Morgan fingerprint density at radius 2 is 0.459 bits per heavy atom. The van der Waals surface area contributed by atoms with Gasteiger partial charge in [0.2, 0.25) is 0 Å². The van der Waals surface area contributed by atoms with Gasteiger partial charge < -0.3 is 34.2 Å². The van der Waals surface area contributed by atoms with Crippen molar-refractivity contribution in [3.63, 3.8) is 0 Å². The van der Waals surface area contributed by atoms with Crippen LogP contribution in [0.1, 0.15) is 316 Å². The van der Waals surface area contributed by atoms with E-state index in [1.165, 1.54) is 89.9 Å². The van der Waals surface area contributed by atoms with Crippen LogP contribution in [-0.4, -0.2) is 95.9 Å². The van der Waals surface area contributed by atoms with Gasteiger partial charge in [0.15, 0.2) is 6.10 Å². The highest BCUT2D eigenvalue weighted by molar-refractivity contribution is 7.47. The molecule has 0 aliphatic carbocycles. The molecule has 18 heteroatoms. The molecule has 0 amide bonds. The summed E-state index contributed by atoms with van der Waals surface area (Å²) in [6, 6.07) is 0. The van der Waals surface area contributed by atoms with Crippen molar-refractivity contribution in [2.24, 2.45) is 0 Å². The molecular formula is C93H152O16P2. The standard InChI is InChI=1S/C93H152O16P2/c1-4-7-10-13-16-19-22-25-28-31-33-35-37-39-41-42-43-44-46-48-49-51-53-56-58-61-64-67-70-73-76-79-91(96)103-82-88(94)83-105-110(99,100)106-84-89(95)85-107-111(101,102)108-87-90(109-93(98)81-78-75-72-69-66-63-60-55-30-27-24-21-18-15-12-9-6-3)86-104-92(97)80-77-74-71-68-65-62-59-57-54-52-50-47-45-40-38-36-34-32-29-26-23-20-17-14-11-8-5-2/h7-12,16-21,25-30,33-36,39-41,43-45,60,63,69,72,88-90,94-95H,4-6,13-15,22-24,31-32,37-38,42,46-59,61-62,64-68,70-71,73-87H2,1-3H3,(H,99,100)(H,101,102)/b10-7-,11-8-,12-9-,19-16-,20-17-,21-18-,28-25-,29-26-,30-27-,35-33-,36-34-,41-39-,44-43-,45-40-,63-60-,72-69-. The highest BCUT2D eigenvalue weighted by atomic mass is 31.2. The summed E-state index contributed by atoms with van der Waals surface area (Å²) < 4.78 is 61.2. The summed E-state index contributed by atoms with van der Waals surface area (Å²) in [7, 11) is -9.83. The molecule has 0 radical (unpaired) electrons. The third kappa shape index (κ3) is 85.1. The van der Waals surface area contributed by atoms with Gasteiger partial charge in [0, 0.05) is 19.3 Å². The summed E-state index contributed by atoms with van der Waals surface area (Å²) in [5.41, 5.74) is 0. The average Bonchev–Trinajstić information content (AvgIpc) is 0.900. The highest BCUT2D eigenvalue weighted by Gasteiger charge is 2.29. The Morgan fingerprint density at radius 3 is 0.739 bits per heavy atom. The fourth-order valence-corrected chi connectivity index (χ4v) is 12.5. The highest BCUT2D eigenvalue weighted by Crippen LogP contribution is 2.45. The molecule has 0 heterocycles. The second-order valence-corrected chi connectivity index (χ2v) is 30.7. The van der Waals surface area contributed by atoms with Crippen LogP contribution in [0.5, 0.6) is 0 Å². The number of ether oxygens (including phenoxy) is 3. The molecule has 0 saturated carbocycles. The number of aliphatic hydroxyl groups excluding tert-OH is 2. The molecule has 5 atom stereocenters. The Morgan fingerprint density at radius 1 is 0.252 bits per heavy atom. The molecule has 4 N–H and O–H groups in total. The quantitative estimate of drug-likeness (QED) is 0.0146. The average molecular weight is 1590 g/mol. The maximum atomic E-state index is 13.0. The van der Waals surface area contributed by atoms with Gasteiger partial charge in [-0.15, -0.1) is 0 Å². The van der Waals surface area contributed by atoms with Crippen LogP contribution >= 0.6 is 15.6 Å². The number of carbonyl (C=O) groups excluding carboxylic acids is 3. The molecule has 16 nitrogen and oxygen atoms in total. The van der Waals surface area contributed by atoms with Crippen LogP contribution in [0.3, 0.4) is 0 Å². The van der Waals surface area contributed by atoms with Crippen molar-refractivity contribution < 1.29 is 75.8 Å². The SMILES string of the molecule is CC/C=C\C/C=C\C/C=C\C/C=C\C/C=C\C/C=C\CCCCCCCCCCCCCCC(=O)OCC(O)COP(=O)(O)OCC(O)COP(=O)(O)OCC(COC(=O)CCCCCCCCCCCCC/C=C\C/C=C\C/C=C\C/C=C\C/C=C\CC)OC(=O)CCC/C=C\C/C=C\C/C=C\C/C=C\C/C=C\CC. The lowest BCUT2D eigenvalue weighted by molar-refractivity contribution is -0.161. The fraction of sp³-hybridized carbons (Fsp3) is 0.624. The number of aliphatic hydroxyl groups is 2. The van der Waals surface area contributed by atoms with Crippen LogP contribution in [0.25, 0.3) is 0 Å². The molecule has 0 fully saturated rings. The van der Waals surface area contributed by atoms with Gasteiger partial charge >= 0.3 is 33.6 Å². The Balaban J connectivity index is 4.59. The van der Waals surface area contributed by atoms with Crippen LogP contribution < -0.4 is 0 Å². The number of esters is 3. The molecule has 0 aliphatic rings. The third-order valence-corrected chi connectivity index (χ3v) is 19.2. The van der Waals surface area contributed by atoms with Gasteiger partial charge in [-0.1, -0.05) is 337 Å². The van der Waals surface area contributed by atoms with E-state index in [1.54, 1.807) is 0 Å². The molecule has 111 heavy (non-hydrogen) atoms. The van der Waals surface area contributed by atoms with Gasteiger partial charge in [0.05, 0.1) is 26.4 Å². The largest absolute Gasteiger partial charge is 0.472 e. The van der Waals surface area contributed by atoms with Crippen molar-refractivity contribution in [3.8, 4) is 0 Å². The summed E-state index contributed by atoms with van der Waals surface area (Å²) in [4.78, 5) is 58.8. The van der Waals surface area contributed by atoms with Crippen molar-refractivity contribution in [1.82, 2.24) is 0 Å². The number of hydrogen-bond acceptors (Lipinski definition) is 14. The second-order valence-electron chi connectivity index (χ2n) is 27.8.